The van der Waals surface area contributed by atoms with Crippen molar-refractivity contribution in [2.75, 3.05) is 0 Å². The zero-order valence-corrected chi connectivity index (χ0v) is 10.9. The molecule has 0 saturated heterocycles. The number of rotatable bonds is 3. The molecular weight excluding hydrogens is 248 g/mol. The summed E-state index contributed by atoms with van der Waals surface area (Å²) < 4.78 is 32.1. The van der Waals surface area contributed by atoms with Crippen molar-refractivity contribution in [3.8, 4) is 0 Å². The van der Waals surface area contributed by atoms with Gasteiger partial charge < -0.3 is 0 Å². The second-order valence-electron chi connectivity index (χ2n) is 4.37. The number of fused-ring (bicyclic) bond motifs is 1. The maximum absolute atomic E-state index is 11.4. The lowest BCUT2D eigenvalue weighted by atomic mass is 9.99. The zero-order valence-electron chi connectivity index (χ0n) is 10.1. The third-order valence-corrected chi connectivity index (χ3v) is 3.69. The summed E-state index contributed by atoms with van der Waals surface area (Å²) in [5.41, 5.74) is 1.44. The van der Waals surface area contributed by atoms with Gasteiger partial charge in [-0.05, 0) is 35.7 Å². The van der Waals surface area contributed by atoms with Crippen LogP contribution in [0.1, 0.15) is 12.5 Å². The number of allylic oxidation sites excluding steroid dienone is 1. The molecule has 0 unspecified atom stereocenters. The third kappa shape index (κ3) is 2.44. The summed E-state index contributed by atoms with van der Waals surface area (Å²) >= 11 is 0. The first-order chi connectivity index (χ1) is 8.39. The van der Waals surface area contributed by atoms with Crippen molar-refractivity contribution in [1.82, 2.24) is 0 Å². The van der Waals surface area contributed by atoms with Crippen LogP contribution in [0, 0.1) is 0 Å². The predicted octanol–water partition coefficient (Wildman–Crippen LogP) is 3.21. The minimum atomic E-state index is -4.21. The van der Waals surface area contributed by atoms with Gasteiger partial charge in [0, 0.05) is 0 Å². The van der Waals surface area contributed by atoms with Gasteiger partial charge >= 0.3 is 0 Å². The highest BCUT2D eigenvalue weighted by Crippen LogP contribution is 2.27. The molecule has 0 aromatic heterocycles. The fourth-order valence-electron chi connectivity index (χ4n) is 2.04. The minimum Gasteiger partial charge on any atom is -0.282 e. The van der Waals surface area contributed by atoms with Gasteiger partial charge in [0.15, 0.2) is 0 Å². The van der Waals surface area contributed by atoms with Crippen LogP contribution >= 0.6 is 0 Å². The lowest BCUT2D eigenvalue weighted by molar-refractivity contribution is 0.482. The number of hydrogen-bond donors (Lipinski definition) is 1. The van der Waals surface area contributed by atoms with Crippen molar-refractivity contribution in [2.24, 2.45) is 0 Å². The Morgan fingerprint density at radius 3 is 2.50 bits per heavy atom. The molecule has 0 bridgehead atoms. The van der Waals surface area contributed by atoms with Crippen LogP contribution in [0.3, 0.4) is 0 Å². The summed E-state index contributed by atoms with van der Waals surface area (Å²) in [6, 6.07) is 10.6. The predicted molar refractivity (Wildman–Crippen MR) is 72.3 cm³/mol. The van der Waals surface area contributed by atoms with Crippen molar-refractivity contribution >= 4 is 20.9 Å². The molecule has 2 rings (SSSR count). The molecular formula is C14H14O3S. The van der Waals surface area contributed by atoms with Gasteiger partial charge in [0.2, 0.25) is 0 Å². The van der Waals surface area contributed by atoms with E-state index < -0.39 is 10.1 Å². The van der Waals surface area contributed by atoms with Gasteiger partial charge in [0.1, 0.15) is 0 Å². The maximum atomic E-state index is 11.4. The Bertz CT molecular complexity index is 715. The molecule has 4 heteroatoms. The standard InChI is InChI=1S/C14H14O3S/c1-10(2)9-13-12-6-4-3-5-11(12)7-8-14(13)18(15,16)17/h3-8H,1,9H2,2H3,(H,15,16,17). The molecule has 1 N–H and O–H groups in total. The Kier molecular flexibility index (Phi) is 3.24. The first kappa shape index (κ1) is 12.8. The van der Waals surface area contributed by atoms with E-state index in [4.69, 9.17) is 0 Å². The van der Waals surface area contributed by atoms with Crippen molar-refractivity contribution in [3.63, 3.8) is 0 Å². The Balaban J connectivity index is 2.83. The van der Waals surface area contributed by atoms with Gasteiger partial charge in [-0.15, -0.1) is 0 Å². The van der Waals surface area contributed by atoms with Crippen LogP contribution in [-0.4, -0.2) is 13.0 Å². The van der Waals surface area contributed by atoms with Crippen LogP contribution in [0.2, 0.25) is 0 Å². The van der Waals surface area contributed by atoms with Gasteiger partial charge in [0.05, 0.1) is 4.90 Å². The third-order valence-electron chi connectivity index (χ3n) is 2.75. The van der Waals surface area contributed by atoms with E-state index in [2.05, 4.69) is 6.58 Å². The maximum Gasteiger partial charge on any atom is 0.294 e. The second-order valence-corrected chi connectivity index (χ2v) is 5.76. The van der Waals surface area contributed by atoms with Crippen molar-refractivity contribution in [3.05, 3.63) is 54.1 Å². The normalized spacial score (nSPS) is 11.7. The van der Waals surface area contributed by atoms with Crippen LogP contribution in [-0.2, 0) is 16.5 Å². The Hall–Kier alpha value is -1.65. The Morgan fingerprint density at radius 1 is 1.22 bits per heavy atom. The molecule has 0 saturated carbocycles. The summed E-state index contributed by atoms with van der Waals surface area (Å²) in [5, 5.41) is 1.77. The van der Waals surface area contributed by atoms with Gasteiger partial charge in [-0.25, -0.2) is 0 Å². The van der Waals surface area contributed by atoms with Gasteiger partial charge in [-0.2, -0.15) is 8.42 Å². The van der Waals surface area contributed by atoms with Gasteiger partial charge in [0.25, 0.3) is 10.1 Å². The average Bonchev–Trinajstić information content (AvgIpc) is 2.27. The topological polar surface area (TPSA) is 54.4 Å². The molecule has 0 fully saturated rings. The smallest absolute Gasteiger partial charge is 0.282 e. The van der Waals surface area contributed by atoms with Crippen molar-refractivity contribution < 1.29 is 13.0 Å². The molecule has 2 aromatic carbocycles. The molecule has 2 aromatic rings. The molecule has 18 heavy (non-hydrogen) atoms. The van der Waals surface area contributed by atoms with E-state index in [-0.39, 0.29) is 4.90 Å². The van der Waals surface area contributed by atoms with E-state index >= 15 is 0 Å². The average molecular weight is 262 g/mol. The van der Waals surface area contributed by atoms with E-state index in [1.165, 1.54) is 6.07 Å². The summed E-state index contributed by atoms with van der Waals surface area (Å²) in [6.07, 6.45) is 0.427. The van der Waals surface area contributed by atoms with E-state index in [0.29, 0.717) is 12.0 Å². The highest BCUT2D eigenvalue weighted by atomic mass is 32.2. The molecule has 0 radical (unpaired) electrons. The van der Waals surface area contributed by atoms with Crippen molar-refractivity contribution in [2.45, 2.75) is 18.2 Å². The minimum absolute atomic E-state index is 0.0378. The first-order valence-corrected chi connectivity index (χ1v) is 6.96. The molecule has 0 heterocycles. The Labute approximate surface area is 107 Å². The molecule has 3 nitrogen and oxygen atoms in total. The number of hydrogen-bond acceptors (Lipinski definition) is 2. The molecule has 0 atom stereocenters. The molecule has 0 aliphatic heterocycles. The second kappa shape index (κ2) is 4.55. The highest BCUT2D eigenvalue weighted by molar-refractivity contribution is 7.85. The largest absolute Gasteiger partial charge is 0.294 e. The fourth-order valence-corrected chi connectivity index (χ4v) is 2.78. The van der Waals surface area contributed by atoms with E-state index in [1.807, 2.05) is 31.2 Å². The SMILES string of the molecule is C=C(C)Cc1c(S(=O)(=O)O)ccc2ccccc12. The molecule has 94 valence electrons. The molecule has 0 amide bonds. The monoisotopic (exact) mass is 262 g/mol. The van der Waals surface area contributed by atoms with E-state index in [9.17, 15) is 13.0 Å². The molecule has 0 spiro atoms. The Morgan fingerprint density at radius 2 is 1.89 bits per heavy atom. The summed E-state index contributed by atoms with van der Waals surface area (Å²) in [4.78, 5) is -0.0378. The van der Waals surface area contributed by atoms with Gasteiger partial charge in [-0.1, -0.05) is 42.5 Å². The first-order valence-electron chi connectivity index (χ1n) is 5.52. The fraction of sp³-hybridized carbons (Fsp3) is 0.143. The summed E-state index contributed by atoms with van der Waals surface area (Å²) in [6.45, 7) is 5.63. The lowest BCUT2D eigenvalue weighted by Gasteiger charge is -2.11. The van der Waals surface area contributed by atoms with Crippen LogP contribution in [0.4, 0.5) is 0 Å². The highest BCUT2D eigenvalue weighted by Gasteiger charge is 2.17. The van der Waals surface area contributed by atoms with E-state index in [0.717, 1.165) is 16.3 Å². The van der Waals surface area contributed by atoms with Crippen molar-refractivity contribution in [1.29, 1.82) is 0 Å². The summed E-state index contributed by atoms with van der Waals surface area (Å²) in [5.74, 6) is 0. The van der Waals surface area contributed by atoms with Crippen LogP contribution in [0.15, 0.2) is 53.4 Å². The van der Waals surface area contributed by atoms with Crippen LogP contribution in [0.5, 0.6) is 0 Å². The summed E-state index contributed by atoms with van der Waals surface area (Å²) in [7, 11) is -4.21. The number of benzene rings is 2. The zero-order chi connectivity index (χ0) is 13.3. The van der Waals surface area contributed by atoms with Crippen LogP contribution < -0.4 is 0 Å². The van der Waals surface area contributed by atoms with Crippen LogP contribution in [0.25, 0.3) is 10.8 Å². The lowest BCUT2D eigenvalue weighted by Crippen LogP contribution is -2.04. The van der Waals surface area contributed by atoms with Gasteiger partial charge in [-0.3, -0.25) is 4.55 Å². The quantitative estimate of drug-likeness (QED) is 0.682. The molecule has 0 aliphatic carbocycles. The molecule has 0 aliphatic rings. The van der Waals surface area contributed by atoms with E-state index in [1.54, 1.807) is 6.07 Å².